The van der Waals surface area contributed by atoms with Crippen LogP contribution in [-0.2, 0) is 0 Å². The van der Waals surface area contributed by atoms with Crippen molar-refractivity contribution in [3.05, 3.63) is 63.5 Å². The van der Waals surface area contributed by atoms with Crippen LogP contribution in [0.2, 0.25) is 0 Å². The minimum absolute atomic E-state index is 0.193. The van der Waals surface area contributed by atoms with Gasteiger partial charge >= 0.3 is 0 Å². The van der Waals surface area contributed by atoms with E-state index in [1.54, 1.807) is 12.1 Å². The summed E-state index contributed by atoms with van der Waals surface area (Å²) >= 11 is 2.22. The maximum Gasteiger partial charge on any atom is 0.139 e. The second-order valence-corrected chi connectivity index (χ2v) is 5.54. The molecule has 0 fully saturated rings. The van der Waals surface area contributed by atoms with Gasteiger partial charge in [-0.3, -0.25) is 0 Å². The van der Waals surface area contributed by atoms with Crippen molar-refractivity contribution in [1.29, 1.82) is 0 Å². The highest BCUT2D eigenvalue weighted by atomic mass is 127. The number of rotatable bonds is 4. The first kappa shape index (κ1) is 14.3. The summed E-state index contributed by atoms with van der Waals surface area (Å²) < 4.78 is 20.0. The molecule has 0 bridgehead atoms. The van der Waals surface area contributed by atoms with E-state index in [0.717, 1.165) is 14.9 Å². The predicted octanol–water partition coefficient (Wildman–Crippen LogP) is 3.90. The molecule has 0 amide bonds. The highest BCUT2D eigenvalue weighted by molar-refractivity contribution is 14.1. The van der Waals surface area contributed by atoms with Crippen LogP contribution in [-0.4, -0.2) is 6.04 Å². The van der Waals surface area contributed by atoms with Gasteiger partial charge in [-0.25, -0.2) is 4.39 Å². The first-order valence-electron chi connectivity index (χ1n) is 6.00. The van der Waals surface area contributed by atoms with E-state index >= 15 is 0 Å². The van der Waals surface area contributed by atoms with E-state index in [1.165, 1.54) is 12.1 Å². The molecule has 19 heavy (non-hydrogen) atoms. The van der Waals surface area contributed by atoms with Crippen molar-refractivity contribution in [1.82, 2.24) is 0 Å². The minimum atomic E-state index is -0.295. The number of benzene rings is 2. The van der Waals surface area contributed by atoms with E-state index < -0.39 is 0 Å². The van der Waals surface area contributed by atoms with Gasteiger partial charge in [-0.05, 0) is 59.3 Å². The molecular formula is C15H15FINO. The zero-order chi connectivity index (χ0) is 13.8. The molecule has 0 radical (unpaired) electrons. The molecular weight excluding hydrogens is 356 g/mol. The first-order chi connectivity index (χ1) is 9.08. The topological polar surface area (TPSA) is 35.2 Å². The third-order valence-electron chi connectivity index (χ3n) is 2.77. The fourth-order valence-corrected chi connectivity index (χ4v) is 2.32. The number of ether oxygens (including phenoxy) is 1. The van der Waals surface area contributed by atoms with Gasteiger partial charge in [-0.1, -0.05) is 24.3 Å². The number of hydrogen-bond acceptors (Lipinski definition) is 2. The molecule has 0 saturated heterocycles. The van der Waals surface area contributed by atoms with E-state index in [1.807, 2.05) is 31.2 Å². The lowest BCUT2D eigenvalue weighted by Gasteiger charge is -2.23. The van der Waals surface area contributed by atoms with Crippen LogP contribution < -0.4 is 10.5 Å². The van der Waals surface area contributed by atoms with Crippen LogP contribution >= 0.6 is 22.6 Å². The average molecular weight is 371 g/mol. The molecule has 2 nitrogen and oxygen atoms in total. The van der Waals surface area contributed by atoms with Crippen LogP contribution in [0.25, 0.3) is 0 Å². The van der Waals surface area contributed by atoms with E-state index in [0.29, 0.717) is 0 Å². The Morgan fingerprint density at radius 3 is 2.32 bits per heavy atom. The van der Waals surface area contributed by atoms with Crippen LogP contribution in [0.4, 0.5) is 4.39 Å². The van der Waals surface area contributed by atoms with Gasteiger partial charge in [-0.2, -0.15) is 0 Å². The zero-order valence-corrected chi connectivity index (χ0v) is 12.7. The van der Waals surface area contributed by atoms with Crippen LogP contribution in [0, 0.1) is 9.39 Å². The summed E-state index contributed by atoms with van der Waals surface area (Å²) in [5, 5.41) is 0. The molecule has 100 valence electrons. The Bertz CT molecular complexity index is 542. The fourth-order valence-electron chi connectivity index (χ4n) is 1.81. The summed E-state index contributed by atoms with van der Waals surface area (Å²) in [6, 6.07) is 13.8. The Morgan fingerprint density at radius 2 is 1.74 bits per heavy atom. The van der Waals surface area contributed by atoms with E-state index in [-0.39, 0.29) is 18.0 Å². The van der Waals surface area contributed by atoms with Crippen molar-refractivity contribution in [2.24, 2.45) is 5.73 Å². The molecule has 2 aromatic rings. The molecule has 2 N–H and O–H groups in total. The van der Waals surface area contributed by atoms with E-state index in [4.69, 9.17) is 10.5 Å². The largest absolute Gasteiger partial charge is 0.483 e. The summed E-state index contributed by atoms with van der Waals surface area (Å²) in [4.78, 5) is 0. The van der Waals surface area contributed by atoms with E-state index in [2.05, 4.69) is 22.6 Å². The zero-order valence-electron chi connectivity index (χ0n) is 10.5. The van der Waals surface area contributed by atoms with Crippen molar-refractivity contribution >= 4 is 22.6 Å². The standard InChI is InChI=1S/C15H15FINO/c1-10(18)15(11-6-8-12(16)9-7-11)19-14-5-3-2-4-13(14)17/h2-10,15H,18H2,1H3. The molecule has 0 aliphatic rings. The number of nitrogens with two attached hydrogens (primary N) is 1. The second kappa shape index (κ2) is 6.34. The third-order valence-corrected chi connectivity index (χ3v) is 3.66. The molecule has 0 aliphatic heterocycles. The smallest absolute Gasteiger partial charge is 0.139 e. The Balaban J connectivity index is 2.26. The highest BCUT2D eigenvalue weighted by Gasteiger charge is 2.19. The lowest BCUT2D eigenvalue weighted by Crippen LogP contribution is -2.29. The molecule has 2 aromatic carbocycles. The molecule has 2 unspecified atom stereocenters. The van der Waals surface area contributed by atoms with Gasteiger partial charge in [0.05, 0.1) is 3.57 Å². The van der Waals surface area contributed by atoms with Gasteiger partial charge in [0.15, 0.2) is 0 Å². The Labute approximate surface area is 125 Å². The molecule has 0 spiro atoms. The maximum absolute atomic E-state index is 13.0. The normalized spacial score (nSPS) is 13.9. The fraction of sp³-hybridized carbons (Fsp3) is 0.200. The number of para-hydroxylation sites is 1. The van der Waals surface area contributed by atoms with Crippen molar-refractivity contribution < 1.29 is 9.13 Å². The van der Waals surface area contributed by atoms with Gasteiger partial charge in [0, 0.05) is 6.04 Å². The van der Waals surface area contributed by atoms with Crippen LogP contribution in [0.3, 0.4) is 0 Å². The maximum atomic E-state index is 13.0. The molecule has 0 heterocycles. The summed E-state index contributed by atoms with van der Waals surface area (Å²) in [7, 11) is 0. The van der Waals surface area contributed by atoms with Gasteiger partial charge in [0.2, 0.25) is 0 Å². The van der Waals surface area contributed by atoms with Gasteiger partial charge in [-0.15, -0.1) is 0 Å². The van der Waals surface area contributed by atoms with Gasteiger partial charge in [0.25, 0.3) is 0 Å². The Morgan fingerprint density at radius 1 is 1.11 bits per heavy atom. The van der Waals surface area contributed by atoms with Crippen LogP contribution in [0.5, 0.6) is 5.75 Å². The molecule has 0 saturated carbocycles. The summed E-state index contributed by atoms with van der Waals surface area (Å²) in [5.74, 6) is 0.524. The lowest BCUT2D eigenvalue weighted by molar-refractivity contribution is 0.179. The summed E-state index contributed by atoms with van der Waals surface area (Å²) in [5.41, 5.74) is 6.85. The van der Waals surface area contributed by atoms with Gasteiger partial charge < -0.3 is 10.5 Å². The van der Waals surface area contributed by atoms with Gasteiger partial charge in [0.1, 0.15) is 17.7 Å². The highest BCUT2D eigenvalue weighted by Crippen LogP contribution is 2.28. The molecule has 2 rings (SSSR count). The predicted molar refractivity (Wildman–Crippen MR) is 82.6 cm³/mol. The first-order valence-corrected chi connectivity index (χ1v) is 7.08. The minimum Gasteiger partial charge on any atom is -0.483 e. The number of halogens is 2. The molecule has 4 heteroatoms. The summed E-state index contributed by atoms with van der Waals surface area (Å²) in [6.45, 7) is 1.88. The van der Waals surface area contributed by atoms with Crippen molar-refractivity contribution in [3.8, 4) is 5.75 Å². The molecule has 0 aromatic heterocycles. The van der Waals surface area contributed by atoms with Crippen molar-refractivity contribution in [2.45, 2.75) is 19.1 Å². The Hall–Kier alpha value is -1.14. The quantitative estimate of drug-likeness (QED) is 0.828. The molecule has 2 atom stereocenters. The lowest BCUT2D eigenvalue weighted by atomic mass is 10.0. The third kappa shape index (κ3) is 3.67. The van der Waals surface area contributed by atoms with Crippen LogP contribution in [0.1, 0.15) is 18.6 Å². The SMILES string of the molecule is CC(N)C(Oc1ccccc1I)c1ccc(F)cc1. The van der Waals surface area contributed by atoms with Crippen LogP contribution in [0.15, 0.2) is 48.5 Å². The average Bonchev–Trinajstić information content (AvgIpc) is 2.39. The number of hydrogen-bond donors (Lipinski definition) is 1. The summed E-state index contributed by atoms with van der Waals surface area (Å²) in [6.07, 6.45) is -0.295. The van der Waals surface area contributed by atoms with Crippen molar-refractivity contribution in [2.75, 3.05) is 0 Å². The second-order valence-electron chi connectivity index (χ2n) is 4.38. The van der Waals surface area contributed by atoms with Crippen molar-refractivity contribution in [3.63, 3.8) is 0 Å². The van der Waals surface area contributed by atoms with E-state index in [9.17, 15) is 4.39 Å². The molecule has 0 aliphatic carbocycles. The monoisotopic (exact) mass is 371 g/mol. The Kier molecular flexibility index (Phi) is 4.76.